The number of nitrogens with zero attached hydrogens (tertiary/aromatic N) is 13. The van der Waals surface area contributed by atoms with E-state index in [4.69, 9.17) is 84.3 Å². The average molecular weight is 1750 g/mol. The SMILES string of the molecule is [C-]#[N+]c1c(N2CCN(C(=O)C=C)C[C@@H]2C)c2cc(Cl)c(-c3cccc(Cl)c3)cc2n(-c2ccccc2C(C)C)c1=O.[C-]#[N+]c1c(N2CCN(C(=O)C=C)C[C@@H]2C)c2cc(Cl)c(-c3ccccc3Cl)cc2n(-c2ccccc2C(C)C)c1=O.[C-]#[N+]c1ccccc1-c1cc2c(cc1Cl)c(N1CCN(C(=O)C=C)C[C@@H]1C)c([N+]#[C-])c(=O)n2-c1ccccc1C(C)C. The molecular weight excluding hydrogens is 1660 g/mol. The zero-order valence-corrected chi connectivity index (χ0v) is 73.9. The van der Waals surface area contributed by atoms with E-state index in [1.54, 1.807) is 58.7 Å². The van der Waals surface area contributed by atoms with Crippen LogP contribution in [0.5, 0.6) is 0 Å². The smallest absolute Gasteiger partial charge is 0.274 e. The largest absolute Gasteiger partial charge is 0.373 e. The minimum Gasteiger partial charge on any atom is -0.373 e. The number of fused-ring (bicyclic) bond motifs is 3. The number of carbonyl (C=O) groups excluding carboxylic acids is 3. The first kappa shape index (κ1) is 88.8. The molecule has 0 aliphatic carbocycles. The van der Waals surface area contributed by atoms with Gasteiger partial charge in [0.25, 0.3) is 33.7 Å². The number of hydrogen-bond acceptors (Lipinski definition) is 9. The van der Waals surface area contributed by atoms with Crippen LogP contribution in [0.3, 0.4) is 0 Å². The Hall–Kier alpha value is -13.0. The van der Waals surface area contributed by atoms with Gasteiger partial charge < -0.3 is 29.4 Å². The monoisotopic (exact) mass is 1740 g/mol. The maximum Gasteiger partial charge on any atom is 0.274 e. The van der Waals surface area contributed by atoms with Crippen molar-refractivity contribution in [2.24, 2.45) is 0 Å². The van der Waals surface area contributed by atoms with Crippen molar-refractivity contribution in [1.29, 1.82) is 0 Å². The molecule has 3 saturated heterocycles. The predicted octanol–water partition coefficient (Wildman–Crippen LogP) is 23.5. The summed E-state index contributed by atoms with van der Waals surface area (Å²) in [7, 11) is 0. The van der Waals surface area contributed by atoms with Gasteiger partial charge in [-0.2, -0.15) is 0 Å². The molecule has 6 heterocycles. The van der Waals surface area contributed by atoms with Gasteiger partial charge in [0, 0.05) is 135 Å². The Morgan fingerprint density at radius 1 is 0.371 bits per heavy atom. The summed E-state index contributed by atoms with van der Waals surface area (Å²) in [5.74, 6) is -0.0380. The second-order valence-electron chi connectivity index (χ2n) is 31.7. The summed E-state index contributed by atoms with van der Waals surface area (Å²) < 4.78 is 4.90. The topological polar surface area (TPSA) is 154 Å². The number of hydrogen-bond donors (Lipinski definition) is 0. The molecule has 24 heteroatoms. The Labute approximate surface area is 746 Å². The molecule has 0 radical (unpaired) electrons. The quantitative estimate of drug-likeness (QED) is 0.0721. The lowest BCUT2D eigenvalue weighted by molar-refractivity contribution is -0.127. The minimum absolute atomic E-state index is 0.00165. The fraction of sp³-hybridized carbons (Fsp3) is 0.240. The Bertz CT molecular complexity index is 6720. The highest BCUT2D eigenvalue weighted by Crippen LogP contribution is 2.48. The molecule has 12 aromatic rings. The molecule has 0 bridgehead atoms. The van der Waals surface area contributed by atoms with Crippen LogP contribution in [0, 0.1) is 26.3 Å². The van der Waals surface area contributed by atoms with Gasteiger partial charge in [-0.25, -0.2) is 19.4 Å². The molecule has 3 atom stereocenters. The lowest BCUT2D eigenvalue weighted by atomic mass is 9.98. The van der Waals surface area contributed by atoms with Gasteiger partial charge in [-0.3, -0.25) is 42.5 Å². The van der Waals surface area contributed by atoms with Crippen LogP contribution in [-0.4, -0.2) is 123 Å². The maximum atomic E-state index is 14.4. The molecule has 0 saturated carbocycles. The maximum absolute atomic E-state index is 14.4. The molecule has 19 nitrogen and oxygen atoms in total. The first-order valence-corrected chi connectivity index (χ1v) is 42.6. The molecule has 3 aromatic heterocycles. The number of amides is 3. The van der Waals surface area contributed by atoms with Gasteiger partial charge in [-0.05, 0) is 163 Å². The molecule has 3 aliphatic rings. The lowest BCUT2D eigenvalue weighted by Crippen LogP contribution is -2.53. The van der Waals surface area contributed by atoms with Crippen molar-refractivity contribution in [3.8, 4) is 50.4 Å². The number of pyridine rings is 3. The van der Waals surface area contributed by atoms with Crippen molar-refractivity contribution in [2.75, 3.05) is 73.6 Å². The second kappa shape index (κ2) is 37.8. The first-order valence-electron chi connectivity index (χ1n) is 40.7. The van der Waals surface area contributed by atoms with Crippen molar-refractivity contribution in [2.45, 2.75) is 98.2 Å². The number of aromatic nitrogens is 3. The third kappa shape index (κ3) is 17.1. The van der Waals surface area contributed by atoms with E-state index in [0.717, 1.165) is 44.8 Å². The highest BCUT2D eigenvalue weighted by molar-refractivity contribution is 6.38. The zero-order chi connectivity index (χ0) is 89.0. The third-order valence-corrected chi connectivity index (χ3v) is 24.7. The van der Waals surface area contributed by atoms with Gasteiger partial charge in [-0.15, -0.1) is 0 Å². The van der Waals surface area contributed by atoms with Gasteiger partial charge in [0.2, 0.25) is 17.7 Å². The van der Waals surface area contributed by atoms with Crippen molar-refractivity contribution < 1.29 is 14.4 Å². The van der Waals surface area contributed by atoms with Crippen LogP contribution in [0.25, 0.3) is 103 Å². The highest BCUT2D eigenvalue weighted by atomic mass is 35.5. The molecular formula is C100H90Cl5N13O6. The number of para-hydroxylation sites is 4. The van der Waals surface area contributed by atoms with Crippen LogP contribution in [0.1, 0.15) is 96.8 Å². The van der Waals surface area contributed by atoms with Crippen molar-refractivity contribution in [3.05, 3.63) is 338 Å². The van der Waals surface area contributed by atoms with E-state index >= 15 is 0 Å². The molecule has 124 heavy (non-hydrogen) atoms. The molecule has 3 fully saturated rings. The Morgan fingerprint density at radius 3 is 1.02 bits per heavy atom. The summed E-state index contributed by atoms with van der Waals surface area (Å²) in [5, 5.41) is 4.50. The van der Waals surface area contributed by atoms with Gasteiger partial charge in [-0.1, -0.05) is 228 Å². The standard InChI is InChI=1S/C34H30ClN5O2.2C33H30Cl2N4O2/c1-7-31(41)38-16-17-39(22(4)20-38)33-26-18-27(35)25(24-13-8-10-14-28(24)36-5)19-30(26)40(34(42)32(33)37-6)29-15-11-9-12-23(29)21(2)3;1-6-30(40)37-15-16-38(21(4)19-37)32-25-17-27(35)24(23-12-7-9-13-26(23)34)18-29(25)39(33(41)31(32)36-5)28-14-10-8-11-22(28)20(2)3;1-6-30(40)37-14-15-38(21(4)19-37)32-26-17-27(35)25(22-10-9-11-23(34)16-22)18-29(26)39(33(41)31(32)36-5)28-13-8-7-12-24(28)20(2)3/h7-15,18-19,21-22H,1,16-17,20H2,2-4H3;6-14,17-18,20-21H,1,15-16,19H2,2-4H3;6-13,16-18,20-21H,1,14-15,19H2,2-4H3/t22-;2*21-/m000/s1. The van der Waals surface area contributed by atoms with Crippen molar-refractivity contribution >= 4 is 148 Å². The Morgan fingerprint density at radius 2 is 0.694 bits per heavy atom. The second-order valence-corrected chi connectivity index (χ2v) is 33.8. The molecule has 0 N–H and O–H groups in total. The lowest BCUT2D eigenvalue weighted by Gasteiger charge is -2.42. The fourth-order valence-electron chi connectivity index (χ4n) is 17.2. The summed E-state index contributed by atoms with van der Waals surface area (Å²) in [6.45, 7) is 65.3. The normalized spacial score (nSPS) is 15.2. The molecule has 9 aromatic carbocycles. The van der Waals surface area contributed by atoms with Crippen LogP contribution in [-0.2, 0) is 14.4 Å². The molecule has 626 valence electrons. The number of anilines is 3. The Kier molecular flexibility index (Phi) is 27.1. The van der Waals surface area contributed by atoms with Crippen LogP contribution < -0.4 is 31.4 Å². The third-order valence-electron chi connectivity index (χ3n) is 23.2. The molecule has 3 amide bonds. The summed E-state index contributed by atoms with van der Waals surface area (Å²) in [4.78, 5) is 107. The molecule has 15 rings (SSSR count). The first-order chi connectivity index (χ1) is 59.5. The van der Waals surface area contributed by atoms with Gasteiger partial charge in [0.1, 0.15) is 0 Å². The number of carbonyl (C=O) groups is 3. The molecule has 3 aliphatic heterocycles. The minimum atomic E-state index is -0.427. The van der Waals surface area contributed by atoms with Crippen LogP contribution in [0.15, 0.2) is 234 Å². The van der Waals surface area contributed by atoms with E-state index in [1.807, 2.05) is 182 Å². The van der Waals surface area contributed by atoms with Crippen LogP contribution in [0.4, 0.5) is 39.8 Å². The molecule has 0 unspecified atom stereocenters. The summed E-state index contributed by atoms with van der Waals surface area (Å²) in [5.41, 5.74) is 12.1. The number of halogens is 5. The fourth-order valence-corrected chi connectivity index (χ4v) is 18.4. The van der Waals surface area contributed by atoms with Crippen LogP contribution >= 0.6 is 58.0 Å². The van der Waals surface area contributed by atoms with Crippen molar-refractivity contribution in [1.82, 2.24) is 28.4 Å². The van der Waals surface area contributed by atoms with Gasteiger partial charge >= 0.3 is 0 Å². The van der Waals surface area contributed by atoms with E-state index in [2.05, 4.69) is 85.6 Å². The van der Waals surface area contributed by atoms with E-state index in [-0.39, 0.29) is 70.7 Å². The number of piperazine rings is 3. The highest BCUT2D eigenvalue weighted by Gasteiger charge is 2.37. The van der Waals surface area contributed by atoms with E-state index in [9.17, 15) is 28.8 Å². The van der Waals surface area contributed by atoms with E-state index in [0.29, 0.717) is 162 Å². The molecule has 0 spiro atoms. The Balaban J connectivity index is 0.000000160. The predicted molar refractivity (Wildman–Crippen MR) is 508 cm³/mol. The van der Waals surface area contributed by atoms with Crippen molar-refractivity contribution in [3.63, 3.8) is 0 Å². The number of benzene rings is 9. The van der Waals surface area contributed by atoms with E-state index in [1.165, 1.54) is 18.2 Å². The van der Waals surface area contributed by atoms with Gasteiger partial charge in [0.05, 0.1) is 77.0 Å². The number of rotatable bonds is 15. The summed E-state index contributed by atoms with van der Waals surface area (Å²) in [6, 6.07) is 56.0. The summed E-state index contributed by atoms with van der Waals surface area (Å²) >= 11 is 33.8. The van der Waals surface area contributed by atoms with Gasteiger partial charge in [0.15, 0.2) is 5.69 Å². The van der Waals surface area contributed by atoms with Crippen LogP contribution in [0.2, 0.25) is 25.1 Å². The zero-order valence-electron chi connectivity index (χ0n) is 70.2. The summed E-state index contributed by atoms with van der Waals surface area (Å²) in [6.07, 6.45) is 3.93. The van der Waals surface area contributed by atoms with E-state index < -0.39 is 16.7 Å². The average Bonchev–Trinajstić information content (AvgIpc) is 0.735.